The molecule has 1 aromatic carbocycles. The normalized spacial score (nSPS) is 20.0. The molecule has 0 radical (unpaired) electrons. The average Bonchev–Trinajstić information content (AvgIpc) is 3.50. The number of halogens is 5. The van der Waals surface area contributed by atoms with Crippen LogP contribution in [-0.2, 0) is 4.74 Å². The van der Waals surface area contributed by atoms with Gasteiger partial charge in [0.2, 0.25) is 11.8 Å². The number of rotatable bonds is 8. The number of hydrogen-bond acceptors (Lipinski definition) is 8. The maximum atomic E-state index is 15.3. The Morgan fingerprint density at radius 3 is 2.71 bits per heavy atom. The molecule has 2 fully saturated rings. The van der Waals surface area contributed by atoms with E-state index >= 15 is 4.39 Å². The second-order valence-corrected chi connectivity index (χ2v) is 9.37. The number of alkyl halides is 4. The van der Waals surface area contributed by atoms with Crippen LogP contribution in [0.5, 0.6) is 5.88 Å². The van der Waals surface area contributed by atoms with Crippen LogP contribution in [0.2, 0.25) is 0 Å². The van der Waals surface area contributed by atoms with Crippen molar-refractivity contribution in [2.45, 2.75) is 24.0 Å². The lowest BCUT2D eigenvalue weighted by molar-refractivity contribution is -0.0711. The number of likely N-dealkylation sites (tertiary alicyclic amines) is 1. The molecular formula is C23H23F5N8O2. The zero-order valence-electron chi connectivity index (χ0n) is 20.1. The Kier molecular flexibility index (Phi) is 6.06. The quantitative estimate of drug-likeness (QED) is 0.343. The van der Waals surface area contributed by atoms with Crippen molar-refractivity contribution in [3.05, 3.63) is 30.2 Å². The number of ether oxygens (including phenoxy) is 2. The fourth-order valence-electron chi connectivity index (χ4n) is 4.87. The smallest absolute Gasteiger partial charge is 0.281 e. The van der Waals surface area contributed by atoms with Gasteiger partial charge in [-0.25, -0.2) is 31.1 Å². The van der Waals surface area contributed by atoms with E-state index in [2.05, 4.69) is 25.7 Å². The largest absolute Gasteiger partial charge is 0.479 e. The highest BCUT2D eigenvalue weighted by Gasteiger charge is 2.51. The molecule has 2 aliphatic heterocycles. The number of anilines is 1. The molecule has 0 amide bonds. The summed E-state index contributed by atoms with van der Waals surface area (Å²) in [7, 11) is 1.32. The van der Waals surface area contributed by atoms with Crippen molar-refractivity contribution in [2.24, 2.45) is 0 Å². The molecule has 0 spiro atoms. The Bertz CT molecular complexity index is 1490. The molecule has 1 N–H and O–H groups in total. The number of nitrogens with zero attached hydrogens (tertiary/aromatic N) is 7. The van der Waals surface area contributed by atoms with Gasteiger partial charge in [0.05, 0.1) is 50.2 Å². The van der Waals surface area contributed by atoms with Crippen molar-refractivity contribution in [2.75, 3.05) is 52.1 Å². The fourth-order valence-corrected chi connectivity index (χ4v) is 4.87. The Morgan fingerprint density at radius 1 is 1.24 bits per heavy atom. The highest BCUT2D eigenvalue weighted by atomic mass is 19.3. The summed E-state index contributed by atoms with van der Waals surface area (Å²) in [6, 6.07) is 2.15. The summed E-state index contributed by atoms with van der Waals surface area (Å²) in [6.07, 6.45) is 1.08. The van der Waals surface area contributed by atoms with Gasteiger partial charge in [0.1, 0.15) is 36.5 Å². The predicted octanol–water partition coefficient (Wildman–Crippen LogP) is 2.90. The van der Waals surface area contributed by atoms with Gasteiger partial charge < -0.3 is 14.8 Å². The van der Waals surface area contributed by atoms with E-state index in [-0.39, 0.29) is 35.5 Å². The topological polar surface area (TPSA) is 94.6 Å². The van der Waals surface area contributed by atoms with E-state index in [9.17, 15) is 17.6 Å². The summed E-state index contributed by atoms with van der Waals surface area (Å²) < 4.78 is 84.2. The van der Waals surface area contributed by atoms with Crippen LogP contribution in [0.4, 0.5) is 27.9 Å². The third-order valence-corrected chi connectivity index (χ3v) is 6.99. The van der Waals surface area contributed by atoms with Gasteiger partial charge >= 0.3 is 0 Å². The molecule has 38 heavy (non-hydrogen) atoms. The first kappa shape index (κ1) is 24.7. The Morgan fingerprint density at radius 2 is 2.03 bits per heavy atom. The summed E-state index contributed by atoms with van der Waals surface area (Å²) >= 11 is 0. The van der Waals surface area contributed by atoms with E-state index in [1.54, 1.807) is 17.0 Å². The number of methoxy groups -OCH3 is 1. The van der Waals surface area contributed by atoms with E-state index in [1.165, 1.54) is 13.2 Å². The third kappa shape index (κ3) is 4.00. The van der Waals surface area contributed by atoms with Gasteiger partial charge in [-0.1, -0.05) is 11.3 Å². The van der Waals surface area contributed by atoms with Crippen LogP contribution in [0, 0.1) is 5.82 Å². The van der Waals surface area contributed by atoms with Crippen LogP contribution < -0.4 is 10.1 Å². The molecule has 1 unspecified atom stereocenters. The van der Waals surface area contributed by atoms with Crippen molar-refractivity contribution in [3.63, 3.8) is 0 Å². The summed E-state index contributed by atoms with van der Waals surface area (Å²) in [5.74, 6) is -3.94. The lowest BCUT2D eigenvalue weighted by atomic mass is 10.1. The molecular weight excluding hydrogens is 515 g/mol. The molecule has 1 atom stereocenters. The molecule has 0 bridgehead atoms. The number of aromatic nitrogens is 6. The first-order valence-corrected chi connectivity index (χ1v) is 11.9. The van der Waals surface area contributed by atoms with Crippen LogP contribution in [0.15, 0.2) is 24.4 Å². The number of nitrogens with one attached hydrogen (secondary N) is 1. The van der Waals surface area contributed by atoms with Crippen LogP contribution >= 0.6 is 0 Å². The molecule has 15 heteroatoms. The Labute approximate surface area is 212 Å². The Hall–Kier alpha value is -3.59. The van der Waals surface area contributed by atoms with Gasteiger partial charge in [0.15, 0.2) is 5.82 Å². The van der Waals surface area contributed by atoms with E-state index in [0.29, 0.717) is 29.8 Å². The molecule has 2 aliphatic rings. The van der Waals surface area contributed by atoms with Crippen molar-refractivity contribution < 1.29 is 31.4 Å². The summed E-state index contributed by atoms with van der Waals surface area (Å²) in [5.41, 5.74) is 1.22. The van der Waals surface area contributed by atoms with E-state index in [1.807, 2.05) is 0 Å². The molecule has 3 aromatic heterocycles. The molecule has 4 aromatic rings. The minimum atomic E-state index is -3.04. The number of fused-ring (bicyclic) bond motifs is 2. The standard InChI is InChI=1S/C23H23F5N8O2/c1-37-21-20-19(12-2-3-16-17(4-12)36(33-31-16)13(5-24)6-25)15(26)7-35(20)32-22(30-21)29-18-8-34(11-23(18,27)28)14-9-38-10-14/h2-4,7,13-14,18H,5-6,8-11H2,1H3,(H,29,32). The van der Waals surface area contributed by atoms with E-state index < -0.39 is 43.7 Å². The SMILES string of the molecule is COc1nc(NC2CN(C3COC3)CC2(F)F)nn2cc(F)c(-c3ccc4nnn(C(CF)CF)c4c3)c12. The monoisotopic (exact) mass is 538 g/mol. The van der Waals surface area contributed by atoms with Gasteiger partial charge in [-0.05, 0) is 17.7 Å². The van der Waals surface area contributed by atoms with Crippen molar-refractivity contribution >= 4 is 22.5 Å². The fraction of sp³-hybridized carbons (Fsp3) is 0.478. The Balaban J connectivity index is 1.37. The van der Waals surface area contributed by atoms with Gasteiger partial charge in [0.25, 0.3) is 5.92 Å². The van der Waals surface area contributed by atoms with Gasteiger partial charge in [-0.15, -0.1) is 10.2 Å². The molecule has 202 valence electrons. The first-order valence-electron chi connectivity index (χ1n) is 11.9. The minimum Gasteiger partial charge on any atom is -0.479 e. The van der Waals surface area contributed by atoms with Gasteiger partial charge in [-0.3, -0.25) is 4.90 Å². The second-order valence-electron chi connectivity index (χ2n) is 9.37. The third-order valence-electron chi connectivity index (χ3n) is 6.99. The van der Waals surface area contributed by atoms with Crippen molar-refractivity contribution in [1.82, 2.24) is 34.5 Å². The molecule has 0 saturated carbocycles. The number of benzene rings is 1. The highest BCUT2D eigenvalue weighted by molar-refractivity contribution is 5.89. The molecule has 2 saturated heterocycles. The van der Waals surface area contributed by atoms with Crippen LogP contribution in [0.1, 0.15) is 6.04 Å². The molecule has 0 aliphatic carbocycles. The highest BCUT2D eigenvalue weighted by Crippen LogP contribution is 2.37. The van der Waals surface area contributed by atoms with Crippen LogP contribution in [-0.4, -0.2) is 99.3 Å². The maximum Gasteiger partial charge on any atom is 0.281 e. The average molecular weight is 538 g/mol. The van der Waals surface area contributed by atoms with Gasteiger partial charge in [-0.2, -0.15) is 4.98 Å². The first-order chi connectivity index (χ1) is 18.3. The lowest BCUT2D eigenvalue weighted by Crippen LogP contribution is -2.48. The predicted molar refractivity (Wildman–Crippen MR) is 126 cm³/mol. The summed E-state index contributed by atoms with van der Waals surface area (Å²) in [6.45, 7) is -1.51. The van der Waals surface area contributed by atoms with Crippen molar-refractivity contribution in [1.29, 1.82) is 0 Å². The van der Waals surface area contributed by atoms with Crippen LogP contribution in [0.3, 0.4) is 0 Å². The summed E-state index contributed by atoms with van der Waals surface area (Å²) in [5, 5.41) is 14.7. The maximum absolute atomic E-state index is 15.3. The number of hydrogen-bond donors (Lipinski definition) is 1. The second kappa shape index (κ2) is 9.31. The molecule has 10 nitrogen and oxygen atoms in total. The molecule has 6 rings (SSSR count). The van der Waals surface area contributed by atoms with E-state index in [4.69, 9.17) is 9.47 Å². The summed E-state index contributed by atoms with van der Waals surface area (Å²) in [4.78, 5) is 5.90. The minimum absolute atomic E-state index is 0.0518. The van der Waals surface area contributed by atoms with E-state index in [0.717, 1.165) is 15.4 Å². The molecule has 5 heterocycles. The lowest BCUT2D eigenvalue weighted by Gasteiger charge is -2.34. The van der Waals surface area contributed by atoms with Crippen LogP contribution in [0.25, 0.3) is 27.7 Å². The van der Waals surface area contributed by atoms with Crippen molar-refractivity contribution in [3.8, 4) is 17.0 Å². The zero-order valence-corrected chi connectivity index (χ0v) is 20.1. The zero-order chi connectivity index (χ0) is 26.6. The van der Waals surface area contributed by atoms with Gasteiger partial charge in [0, 0.05) is 6.54 Å².